The summed E-state index contributed by atoms with van der Waals surface area (Å²) in [6, 6.07) is 4.06. The van der Waals surface area contributed by atoms with E-state index in [-0.39, 0.29) is 17.6 Å². The molecule has 1 fully saturated rings. The van der Waals surface area contributed by atoms with Crippen molar-refractivity contribution in [1.82, 2.24) is 14.9 Å². The number of likely N-dealkylation sites (tertiary alicyclic amines) is 1. The van der Waals surface area contributed by atoms with Crippen LogP contribution in [0.15, 0.2) is 35.1 Å². The quantitative estimate of drug-likeness (QED) is 0.802. The lowest BCUT2D eigenvalue weighted by Gasteiger charge is -2.22. The van der Waals surface area contributed by atoms with Crippen molar-refractivity contribution in [3.05, 3.63) is 42.4 Å². The maximum Gasteiger partial charge on any atom is 0.208 e. The van der Waals surface area contributed by atoms with Crippen LogP contribution in [0.4, 0.5) is 0 Å². The van der Waals surface area contributed by atoms with Gasteiger partial charge in [0.05, 0.1) is 25.0 Å². The Morgan fingerprint density at radius 1 is 1.32 bits per heavy atom. The number of hydrogen-bond donors (Lipinski definition) is 0. The summed E-state index contributed by atoms with van der Waals surface area (Å²) in [5, 5.41) is 0. The summed E-state index contributed by atoms with van der Waals surface area (Å²) in [5.74, 6) is 2.44. The van der Waals surface area contributed by atoms with Crippen LogP contribution < -0.4 is 4.74 Å². The molecular formula is C19H27N3O3. The molecule has 0 bridgehead atoms. The van der Waals surface area contributed by atoms with Crippen molar-refractivity contribution >= 4 is 0 Å². The van der Waals surface area contributed by atoms with Crippen molar-refractivity contribution in [3.63, 3.8) is 0 Å². The average molecular weight is 345 g/mol. The average Bonchev–Trinajstić information content (AvgIpc) is 3.21. The fraction of sp³-hybridized carbons (Fsp3) is 0.579. The number of oxazole rings is 1. The Morgan fingerprint density at radius 3 is 2.80 bits per heavy atom. The van der Waals surface area contributed by atoms with Crippen LogP contribution in [-0.2, 0) is 16.7 Å². The second-order valence-corrected chi connectivity index (χ2v) is 7.54. The molecule has 6 nitrogen and oxygen atoms in total. The number of nitrogens with zero attached hydrogens (tertiary/aromatic N) is 3. The molecule has 0 N–H and O–H groups in total. The molecule has 1 saturated heterocycles. The van der Waals surface area contributed by atoms with Crippen molar-refractivity contribution in [2.75, 3.05) is 20.3 Å². The van der Waals surface area contributed by atoms with Gasteiger partial charge in [-0.05, 0) is 18.6 Å². The molecule has 0 saturated carbocycles. The molecule has 0 aliphatic carbocycles. The highest BCUT2D eigenvalue weighted by molar-refractivity contribution is 5.15. The lowest BCUT2D eigenvalue weighted by molar-refractivity contribution is 0.105. The zero-order chi connectivity index (χ0) is 17.9. The minimum Gasteiger partial charge on any atom is -0.490 e. The number of ether oxygens (including phenoxy) is 2. The van der Waals surface area contributed by atoms with Gasteiger partial charge in [-0.3, -0.25) is 9.88 Å². The first-order valence-corrected chi connectivity index (χ1v) is 8.70. The molecule has 2 atom stereocenters. The predicted octanol–water partition coefficient (Wildman–Crippen LogP) is 3.04. The Kier molecular flexibility index (Phi) is 5.39. The molecule has 0 aromatic carbocycles. The molecule has 0 unspecified atom stereocenters. The minimum absolute atomic E-state index is 0.0336. The molecule has 2 aromatic heterocycles. The third kappa shape index (κ3) is 4.58. The van der Waals surface area contributed by atoms with Gasteiger partial charge in [0.1, 0.15) is 18.1 Å². The Bertz CT molecular complexity index is 666. The van der Waals surface area contributed by atoms with Gasteiger partial charge in [-0.15, -0.1) is 0 Å². The summed E-state index contributed by atoms with van der Waals surface area (Å²) < 4.78 is 17.4. The van der Waals surface area contributed by atoms with Crippen LogP contribution in [0.2, 0.25) is 0 Å². The molecule has 1 aliphatic heterocycles. The number of rotatable bonds is 6. The highest BCUT2D eigenvalue weighted by Gasteiger charge is 2.33. The number of aromatic nitrogens is 2. The van der Waals surface area contributed by atoms with E-state index in [0.29, 0.717) is 13.2 Å². The normalized spacial score (nSPS) is 21.6. The smallest absolute Gasteiger partial charge is 0.208 e. The molecule has 3 rings (SSSR count). The second-order valence-electron chi connectivity index (χ2n) is 7.54. The molecule has 3 heterocycles. The van der Waals surface area contributed by atoms with Gasteiger partial charge in [-0.1, -0.05) is 20.8 Å². The maximum absolute atomic E-state index is 5.95. The standard InChI is InChI=1S/C19H27N3O3/c1-19(2,3)17-10-21-18(25-17)12-22-11-16(23-4)8-14(22)13-24-15-6-5-7-20-9-15/h5-7,9-10,14,16H,8,11-13H2,1-4H3/t14-,16+/m0/s1. The molecule has 1 aliphatic rings. The lowest BCUT2D eigenvalue weighted by Crippen LogP contribution is -2.34. The fourth-order valence-corrected chi connectivity index (χ4v) is 3.00. The minimum atomic E-state index is -0.0336. The van der Waals surface area contributed by atoms with Crippen LogP contribution in [0.1, 0.15) is 38.8 Å². The van der Waals surface area contributed by atoms with E-state index in [1.165, 1.54) is 0 Å². The van der Waals surface area contributed by atoms with E-state index in [4.69, 9.17) is 13.9 Å². The number of pyridine rings is 1. The van der Waals surface area contributed by atoms with Crippen LogP contribution in [0.3, 0.4) is 0 Å². The Balaban J connectivity index is 1.64. The molecule has 2 aromatic rings. The van der Waals surface area contributed by atoms with E-state index < -0.39 is 0 Å². The van der Waals surface area contributed by atoms with Gasteiger partial charge in [0.2, 0.25) is 5.89 Å². The first-order chi connectivity index (χ1) is 12.0. The third-order valence-corrected chi connectivity index (χ3v) is 4.53. The van der Waals surface area contributed by atoms with Gasteiger partial charge in [-0.2, -0.15) is 0 Å². The molecule has 25 heavy (non-hydrogen) atoms. The van der Waals surface area contributed by atoms with Crippen molar-refractivity contribution in [2.45, 2.75) is 51.3 Å². The van der Waals surface area contributed by atoms with Crippen molar-refractivity contribution in [1.29, 1.82) is 0 Å². The molecule has 6 heteroatoms. The maximum atomic E-state index is 5.95. The fourth-order valence-electron chi connectivity index (χ4n) is 3.00. The topological polar surface area (TPSA) is 60.6 Å². The third-order valence-electron chi connectivity index (χ3n) is 4.53. The molecule has 0 radical (unpaired) electrons. The zero-order valence-electron chi connectivity index (χ0n) is 15.4. The zero-order valence-corrected chi connectivity index (χ0v) is 15.4. The van der Waals surface area contributed by atoms with Crippen LogP contribution in [-0.4, -0.2) is 47.3 Å². The van der Waals surface area contributed by atoms with E-state index in [2.05, 4.69) is 35.6 Å². The summed E-state index contributed by atoms with van der Waals surface area (Å²) in [5.41, 5.74) is -0.0336. The molecule has 0 spiro atoms. The van der Waals surface area contributed by atoms with Crippen molar-refractivity contribution < 1.29 is 13.9 Å². The summed E-state index contributed by atoms with van der Waals surface area (Å²) in [6.45, 7) is 8.48. The summed E-state index contributed by atoms with van der Waals surface area (Å²) in [7, 11) is 1.76. The Labute approximate surface area is 149 Å². The van der Waals surface area contributed by atoms with Gasteiger partial charge in [0.25, 0.3) is 0 Å². The van der Waals surface area contributed by atoms with Crippen LogP contribution in [0.5, 0.6) is 5.75 Å². The van der Waals surface area contributed by atoms with Crippen LogP contribution >= 0.6 is 0 Å². The lowest BCUT2D eigenvalue weighted by atomic mass is 9.94. The highest BCUT2D eigenvalue weighted by atomic mass is 16.5. The monoisotopic (exact) mass is 345 g/mol. The molecule has 0 amide bonds. The largest absolute Gasteiger partial charge is 0.490 e. The van der Waals surface area contributed by atoms with E-state index >= 15 is 0 Å². The van der Waals surface area contributed by atoms with E-state index in [0.717, 1.165) is 30.4 Å². The van der Waals surface area contributed by atoms with Gasteiger partial charge >= 0.3 is 0 Å². The summed E-state index contributed by atoms with van der Waals surface area (Å²) in [4.78, 5) is 10.9. The van der Waals surface area contributed by atoms with E-state index in [1.54, 1.807) is 19.5 Å². The summed E-state index contributed by atoms with van der Waals surface area (Å²) in [6.07, 6.45) is 6.45. The predicted molar refractivity (Wildman–Crippen MR) is 94.5 cm³/mol. The Morgan fingerprint density at radius 2 is 2.16 bits per heavy atom. The van der Waals surface area contributed by atoms with E-state index in [9.17, 15) is 0 Å². The second kappa shape index (κ2) is 7.54. The van der Waals surface area contributed by atoms with Gasteiger partial charge < -0.3 is 13.9 Å². The Hall–Kier alpha value is -1.92. The highest BCUT2D eigenvalue weighted by Crippen LogP contribution is 2.26. The molecule has 136 valence electrons. The van der Waals surface area contributed by atoms with Crippen molar-refractivity contribution in [3.8, 4) is 5.75 Å². The number of methoxy groups -OCH3 is 1. The van der Waals surface area contributed by atoms with Gasteiger partial charge in [0, 0.05) is 31.3 Å². The van der Waals surface area contributed by atoms with E-state index in [1.807, 2.05) is 18.3 Å². The number of hydrogen-bond acceptors (Lipinski definition) is 6. The van der Waals surface area contributed by atoms with Gasteiger partial charge in [-0.25, -0.2) is 4.98 Å². The summed E-state index contributed by atoms with van der Waals surface area (Å²) >= 11 is 0. The molecular weight excluding hydrogens is 318 g/mol. The van der Waals surface area contributed by atoms with Crippen LogP contribution in [0, 0.1) is 0 Å². The first-order valence-electron chi connectivity index (χ1n) is 8.70. The SMILES string of the molecule is CO[C@@H]1C[C@@H](COc2cccnc2)N(Cc2ncc(C(C)(C)C)o2)C1. The van der Waals surface area contributed by atoms with Crippen molar-refractivity contribution in [2.24, 2.45) is 0 Å². The first kappa shape index (κ1) is 17.9. The van der Waals surface area contributed by atoms with Gasteiger partial charge in [0.15, 0.2) is 0 Å². The van der Waals surface area contributed by atoms with Crippen LogP contribution in [0.25, 0.3) is 0 Å².